The van der Waals surface area contributed by atoms with E-state index in [9.17, 15) is 9.59 Å². The van der Waals surface area contributed by atoms with Crippen molar-refractivity contribution >= 4 is 57.0 Å². The topological polar surface area (TPSA) is 195 Å². The number of anilines is 4. The van der Waals surface area contributed by atoms with Gasteiger partial charge in [0.15, 0.2) is 63.5 Å². The van der Waals surface area contributed by atoms with E-state index in [0.29, 0.717) is 54.0 Å². The monoisotopic (exact) mass is 1000 g/mol. The number of amides is 2. The normalized spacial score (nSPS) is 14.4. The molecule has 0 unspecified atom stereocenters. The number of halogens is 4. The summed E-state index contributed by atoms with van der Waals surface area (Å²) in [7, 11) is 7.14. The van der Waals surface area contributed by atoms with Gasteiger partial charge in [-0.05, 0) is 61.1 Å². The average molecular weight is 1000 g/mol. The van der Waals surface area contributed by atoms with Crippen molar-refractivity contribution in [1.82, 2.24) is 45.3 Å². The van der Waals surface area contributed by atoms with Crippen molar-refractivity contribution in [2.45, 2.75) is 0 Å². The Bertz CT molecular complexity index is 3320. The second-order valence-corrected chi connectivity index (χ2v) is 17.2. The Morgan fingerprint density at radius 2 is 1.21 bits per heavy atom. The fourth-order valence-electron chi connectivity index (χ4n) is 8.95. The number of H-pyrrole nitrogens is 2. The molecular weight excluding hydrogens is 955 g/mol. The molecule has 376 valence electrons. The molecule has 3 N–H and O–H groups in total. The molecular formula is C50H47F4N13O6. The van der Waals surface area contributed by atoms with Crippen LogP contribution in [-0.2, 0) is 0 Å². The number of likely N-dealkylation sites (N-methyl/N-ethyl adjacent to an activating group) is 1. The third-order valence-electron chi connectivity index (χ3n) is 13.0. The third kappa shape index (κ3) is 8.96. The number of carbonyl (C=O) groups excluding carboxylic acids is 2. The molecule has 0 radical (unpaired) electrons. The highest BCUT2D eigenvalue weighted by Crippen LogP contribution is 2.40. The van der Waals surface area contributed by atoms with Crippen molar-refractivity contribution in [3.63, 3.8) is 0 Å². The molecule has 2 aliphatic heterocycles. The van der Waals surface area contributed by atoms with Crippen LogP contribution in [0, 0.1) is 23.3 Å². The van der Waals surface area contributed by atoms with Crippen LogP contribution in [0.5, 0.6) is 23.0 Å². The Balaban J connectivity index is 0.870. The summed E-state index contributed by atoms with van der Waals surface area (Å²) in [4.78, 5) is 48.2. The number of hydrogen-bond donors (Lipinski definition) is 3. The van der Waals surface area contributed by atoms with Gasteiger partial charge in [0.2, 0.25) is 5.95 Å². The fraction of sp³-hybridized carbons (Fsp3) is 0.260. The molecule has 0 saturated carbocycles. The van der Waals surface area contributed by atoms with Crippen molar-refractivity contribution in [1.29, 1.82) is 0 Å². The maximum atomic E-state index is 15.6. The Labute approximate surface area is 414 Å². The lowest BCUT2D eigenvalue weighted by Gasteiger charge is -2.40. The molecule has 0 spiro atoms. The zero-order valence-electron chi connectivity index (χ0n) is 40.1. The second kappa shape index (κ2) is 19.9. The average Bonchev–Trinajstić information content (AvgIpc) is 4.02. The summed E-state index contributed by atoms with van der Waals surface area (Å²) in [6, 6.07) is 17.3. The van der Waals surface area contributed by atoms with E-state index in [1.54, 1.807) is 24.3 Å². The molecule has 2 amide bonds. The van der Waals surface area contributed by atoms with Crippen molar-refractivity contribution in [2.75, 3.05) is 108 Å². The molecule has 4 aromatic carbocycles. The predicted octanol–water partition coefficient (Wildman–Crippen LogP) is 6.94. The van der Waals surface area contributed by atoms with Crippen LogP contribution in [0.4, 0.5) is 40.8 Å². The lowest BCUT2D eigenvalue weighted by molar-refractivity contribution is 0.0885. The predicted molar refractivity (Wildman–Crippen MR) is 264 cm³/mol. The number of rotatable bonds is 13. The first kappa shape index (κ1) is 48.1. The van der Waals surface area contributed by atoms with Gasteiger partial charge in [0, 0.05) is 93.5 Å². The smallest absolute Gasteiger partial charge is 0.274 e. The molecule has 73 heavy (non-hydrogen) atoms. The molecule has 2 saturated heterocycles. The SMILES string of the molecule is COc1cc(OC)c(F)c(-c2ccc3c(NC(=O)c4cnc(N5CCN(N(C(=O)c6ccc(N7CCN(C)CC7)cc6)c6n[nH]c7nc(-c8c(F)c(OC)cc(OC)c8F)ccc67)CC5)nc4)n[nH]c3c2)c1F. The van der Waals surface area contributed by atoms with Gasteiger partial charge in [0.05, 0.1) is 61.7 Å². The number of carbonyl (C=O) groups is 2. The number of hydrazine groups is 1. The number of hydrogen-bond acceptors (Lipinski definition) is 15. The van der Waals surface area contributed by atoms with E-state index in [4.69, 9.17) is 18.9 Å². The Kier molecular flexibility index (Phi) is 13.1. The van der Waals surface area contributed by atoms with E-state index in [0.717, 1.165) is 44.0 Å². The van der Waals surface area contributed by atoms with E-state index in [1.807, 2.05) is 22.0 Å². The number of nitrogens with zero attached hydrogens (tertiary/aromatic N) is 10. The Morgan fingerprint density at radius 1 is 0.630 bits per heavy atom. The molecule has 0 aliphatic carbocycles. The van der Waals surface area contributed by atoms with Gasteiger partial charge in [-0.2, -0.15) is 10.2 Å². The van der Waals surface area contributed by atoms with Gasteiger partial charge in [-0.25, -0.2) is 42.5 Å². The highest BCUT2D eigenvalue weighted by atomic mass is 19.1. The van der Waals surface area contributed by atoms with Crippen molar-refractivity contribution in [3.8, 4) is 45.4 Å². The molecule has 0 bridgehead atoms. The van der Waals surface area contributed by atoms with Crippen LogP contribution in [0.25, 0.3) is 44.3 Å². The molecule has 23 heteroatoms. The van der Waals surface area contributed by atoms with E-state index in [-0.39, 0.29) is 68.6 Å². The summed E-state index contributed by atoms with van der Waals surface area (Å²) in [5.74, 6) is -4.78. The highest BCUT2D eigenvalue weighted by molar-refractivity contribution is 6.09. The number of piperazine rings is 2. The standard InChI is InChI=1S/C50H47F4N13O6/c1-63-14-16-64(17-15-63)30-9-6-27(7-10-30)49(69)67(47-32-12-13-33(57-46(32)61-62-47)40-43(53)37(72-4)24-38(73-5)44(40)54)66-20-18-65(19-21-66)50-55-25-29(26-56-50)48(68)58-45-31-11-8-28(22-34(31)59-60-45)39-41(51)35(70-2)23-36(71-3)42(39)52/h6-13,22-26H,14-21H2,1-5H3,(H,57,61,62)(H2,58,59,60,68). The summed E-state index contributed by atoms with van der Waals surface area (Å²) >= 11 is 0. The minimum absolute atomic E-state index is 0.0573. The molecule has 0 atom stereocenters. The van der Waals surface area contributed by atoms with Crippen LogP contribution >= 0.6 is 0 Å². The van der Waals surface area contributed by atoms with E-state index in [1.165, 1.54) is 64.0 Å². The van der Waals surface area contributed by atoms with Crippen LogP contribution in [0.15, 0.2) is 79.1 Å². The third-order valence-corrected chi connectivity index (χ3v) is 13.0. The summed E-state index contributed by atoms with van der Waals surface area (Å²) in [6.45, 7) is 4.87. The van der Waals surface area contributed by atoms with E-state index < -0.39 is 34.7 Å². The van der Waals surface area contributed by atoms with Crippen molar-refractivity contribution in [2.24, 2.45) is 0 Å². The number of ether oxygens (including phenoxy) is 4. The molecule has 2 aliphatic rings. The van der Waals surface area contributed by atoms with Gasteiger partial charge in [0.25, 0.3) is 11.8 Å². The minimum Gasteiger partial charge on any atom is -0.494 e. The molecule has 6 heterocycles. The summed E-state index contributed by atoms with van der Waals surface area (Å²) in [6.07, 6.45) is 2.77. The molecule has 8 aromatic rings. The first-order valence-corrected chi connectivity index (χ1v) is 22.9. The zero-order chi connectivity index (χ0) is 51.1. The van der Waals surface area contributed by atoms with Crippen molar-refractivity contribution < 1.29 is 46.1 Å². The second-order valence-electron chi connectivity index (χ2n) is 17.2. The number of pyridine rings is 1. The number of benzene rings is 4. The fourth-order valence-corrected chi connectivity index (χ4v) is 8.95. The Morgan fingerprint density at radius 3 is 1.81 bits per heavy atom. The number of aromatic nitrogens is 7. The molecule has 19 nitrogen and oxygen atoms in total. The number of methoxy groups -OCH3 is 4. The van der Waals surface area contributed by atoms with Crippen LogP contribution < -0.4 is 39.1 Å². The first-order valence-electron chi connectivity index (χ1n) is 22.9. The van der Waals surface area contributed by atoms with E-state index in [2.05, 4.69) is 57.5 Å². The summed E-state index contributed by atoms with van der Waals surface area (Å²) < 4.78 is 82.2. The van der Waals surface area contributed by atoms with Crippen LogP contribution in [0.3, 0.4) is 0 Å². The van der Waals surface area contributed by atoms with E-state index >= 15 is 17.6 Å². The molecule has 4 aromatic heterocycles. The van der Waals surface area contributed by atoms with Gasteiger partial charge in [0.1, 0.15) is 0 Å². The molecule has 10 rings (SSSR count). The summed E-state index contributed by atoms with van der Waals surface area (Å²) in [5.41, 5.74) is 1.41. The lowest BCUT2D eigenvalue weighted by atomic mass is 10.0. The van der Waals surface area contributed by atoms with Gasteiger partial charge in [-0.3, -0.25) is 19.8 Å². The zero-order valence-corrected chi connectivity index (χ0v) is 40.1. The quantitative estimate of drug-likeness (QED) is 0.101. The van der Waals surface area contributed by atoms with Gasteiger partial charge < -0.3 is 39.0 Å². The van der Waals surface area contributed by atoms with Crippen LogP contribution in [-0.4, -0.2) is 145 Å². The minimum atomic E-state index is -0.963. The number of aromatic amines is 2. The van der Waals surface area contributed by atoms with Gasteiger partial charge >= 0.3 is 0 Å². The van der Waals surface area contributed by atoms with Gasteiger partial charge in [-0.15, -0.1) is 0 Å². The Hall–Kier alpha value is -8.57. The van der Waals surface area contributed by atoms with Crippen LogP contribution in [0.1, 0.15) is 20.7 Å². The summed E-state index contributed by atoms with van der Waals surface area (Å²) in [5, 5.41) is 21.4. The largest absolute Gasteiger partial charge is 0.494 e. The molecule has 2 fully saturated rings. The highest BCUT2D eigenvalue weighted by Gasteiger charge is 2.33. The maximum absolute atomic E-state index is 15.6. The van der Waals surface area contributed by atoms with Gasteiger partial charge in [-0.1, -0.05) is 6.07 Å². The van der Waals surface area contributed by atoms with Crippen LogP contribution in [0.2, 0.25) is 0 Å². The number of fused-ring (bicyclic) bond motifs is 2. The number of nitrogens with one attached hydrogen (secondary N) is 3. The van der Waals surface area contributed by atoms with Crippen molar-refractivity contribution in [3.05, 3.63) is 114 Å². The first-order chi connectivity index (χ1) is 35.4. The lowest BCUT2D eigenvalue weighted by Crippen LogP contribution is -2.56. The maximum Gasteiger partial charge on any atom is 0.274 e.